The van der Waals surface area contributed by atoms with Crippen LogP contribution in [0.5, 0.6) is 0 Å². The lowest BCUT2D eigenvalue weighted by Gasteiger charge is -2.25. The van der Waals surface area contributed by atoms with Crippen LogP contribution in [0.4, 0.5) is 0 Å². The predicted molar refractivity (Wildman–Crippen MR) is 76.7 cm³/mol. The number of rotatable bonds is 7. The second-order valence-corrected chi connectivity index (χ2v) is 6.49. The number of carboxylic acids is 1. The molecule has 0 saturated carbocycles. The number of hydrogen-bond donors (Lipinski definition) is 2. The van der Waals surface area contributed by atoms with Crippen molar-refractivity contribution in [2.24, 2.45) is 0 Å². The standard InChI is InChI=1S/C13H18ClNO3S/c1-13(2,6-5-12(17)18)15-11(16)4-3-10-7-9(14)8-19-10/h7-8H,3-6H2,1-2H3,(H,15,16)(H,17,18). The van der Waals surface area contributed by atoms with Crippen LogP contribution in [0.15, 0.2) is 11.4 Å². The number of amides is 1. The Labute approximate surface area is 121 Å². The fourth-order valence-corrected chi connectivity index (χ4v) is 2.72. The number of hydrogen-bond acceptors (Lipinski definition) is 3. The van der Waals surface area contributed by atoms with Gasteiger partial charge in [0.1, 0.15) is 0 Å². The van der Waals surface area contributed by atoms with Gasteiger partial charge in [0.25, 0.3) is 0 Å². The monoisotopic (exact) mass is 303 g/mol. The molecule has 1 aromatic heterocycles. The van der Waals surface area contributed by atoms with Crippen molar-refractivity contribution in [3.8, 4) is 0 Å². The van der Waals surface area contributed by atoms with Gasteiger partial charge in [-0.05, 0) is 32.8 Å². The zero-order valence-electron chi connectivity index (χ0n) is 11.0. The summed E-state index contributed by atoms with van der Waals surface area (Å²) in [5.74, 6) is -0.921. The van der Waals surface area contributed by atoms with E-state index in [0.29, 0.717) is 24.3 Å². The summed E-state index contributed by atoms with van der Waals surface area (Å²) in [4.78, 5) is 23.4. The molecule has 0 bridgehead atoms. The van der Waals surface area contributed by atoms with E-state index in [-0.39, 0.29) is 12.3 Å². The van der Waals surface area contributed by atoms with Gasteiger partial charge in [0.15, 0.2) is 0 Å². The second-order valence-electron chi connectivity index (χ2n) is 5.06. The number of nitrogens with one attached hydrogen (secondary N) is 1. The highest BCUT2D eigenvalue weighted by Gasteiger charge is 2.21. The summed E-state index contributed by atoms with van der Waals surface area (Å²) in [5, 5.41) is 14.0. The molecule has 0 unspecified atom stereocenters. The van der Waals surface area contributed by atoms with Crippen molar-refractivity contribution in [3.63, 3.8) is 0 Å². The van der Waals surface area contributed by atoms with Crippen LogP contribution in [0.2, 0.25) is 5.02 Å². The van der Waals surface area contributed by atoms with Crippen LogP contribution < -0.4 is 5.32 Å². The molecule has 1 aromatic rings. The van der Waals surface area contributed by atoms with E-state index in [4.69, 9.17) is 16.7 Å². The lowest BCUT2D eigenvalue weighted by atomic mass is 9.98. The number of carbonyl (C=O) groups excluding carboxylic acids is 1. The molecule has 0 aliphatic rings. The number of carbonyl (C=O) groups is 2. The van der Waals surface area contributed by atoms with E-state index in [1.807, 2.05) is 25.3 Å². The summed E-state index contributed by atoms with van der Waals surface area (Å²) < 4.78 is 0. The molecule has 0 radical (unpaired) electrons. The molecular weight excluding hydrogens is 286 g/mol. The molecule has 0 atom stereocenters. The van der Waals surface area contributed by atoms with E-state index in [0.717, 1.165) is 4.88 Å². The average molecular weight is 304 g/mol. The smallest absolute Gasteiger partial charge is 0.303 e. The molecule has 19 heavy (non-hydrogen) atoms. The summed E-state index contributed by atoms with van der Waals surface area (Å²) in [6, 6.07) is 1.86. The number of carboxylic acid groups (broad SMARTS) is 1. The van der Waals surface area contributed by atoms with Crippen LogP contribution in [0.1, 0.15) is 38.0 Å². The zero-order valence-corrected chi connectivity index (χ0v) is 12.6. The molecule has 1 amide bonds. The quantitative estimate of drug-likeness (QED) is 0.813. The molecule has 0 aliphatic heterocycles. The van der Waals surface area contributed by atoms with Crippen molar-refractivity contribution in [1.29, 1.82) is 0 Å². The van der Waals surface area contributed by atoms with Gasteiger partial charge in [-0.25, -0.2) is 0 Å². The molecule has 0 aromatic carbocycles. The van der Waals surface area contributed by atoms with Gasteiger partial charge in [0, 0.05) is 28.6 Å². The molecule has 1 heterocycles. The Kier molecular flexibility index (Phi) is 5.82. The van der Waals surface area contributed by atoms with Gasteiger partial charge in [-0.1, -0.05) is 11.6 Å². The van der Waals surface area contributed by atoms with E-state index < -0.39 is 11.5 Å². The number of halogens is 1. The van der Waals surface area contributed by atoms with E-state index in [1.165, 1.54) is 11.3 Å². The van der Waals surface area contributed by atoms with Gasteiger partial charge >= 0.3 is 5.97 Å². The topological polar surface area (TPSA) is 66.4 Å². The molecule has 0 fully saturated rings. The first-order valence-corrected chi connectivity index (χ1v) is 7.30. The maximum atomic E-state index is 11.8. The Morgan fingerprint density at radius 2 is 2.11 bits per heavy atom. The highest BCUT2D eigenvalue weighted by Crippen LogP contribution is 2.20. The maximum Gasteiger partial charge on any atom is 0.303 e. The highest BCUT2D eigenvalue weighted by atomic mass is 35.5. The van der Waals surface area contributed by atoms with Crippen LogP contribution in [0.3, 0.4) is 0 Å². The number of thiophene rings is 1. The predicted octanol–water partition coefficient (Wildman–Crippen LogP) is 3.09. The van der Waals surface area contributed by atoms with Crippen LogP contribution in [0.25, 0.3) is 0 Å². The number of aliphatic carboxylic acids is 1. The van der Waals surface area contributed by atoms with Crippen molar-refractivity contribution in [1.82, 2.24) is 5.32 Å². The normalized spacial score (nSPS) is 11.3. The largest absolute Gasteiger partial charge is 0.481 e. The van der Waals surface area contributed by atoms with Gasteiger partial charge in [0.05, 0.1) is 5.02 Å². The minimum absolute atomic E-state index is 0.0494. The Hall–Kier alpha value is -1.07. The summed E-state index contributed by atoms with van der Waals surface area (Å²) in [6.45, 7) is 3.66. The third-order valence-electron chi connectivity index (χ3n) is 2.66. The van der Waals surface area contributed by atoms with Crippen molar-refractivity contribution >= 4 is 34.8 Å². The Bertz CT molecular complexity index is 456. The van der Waals surface area contributed by atoms with Crippen molar-refractivity contribution in [2.75, 3.05) is 0 Å². The number of aryl methyl sites for hydroxylation is 1. The van der Waals surface area contributed by atoms with Crippen LogP contribution >= 0.6 is 22.9 Å². The lowest BCUT2D eigenvalue weighted by molar-refractivity contribution is -0.137. The second kappa shape index (κ2) is 6.91. The van der Waals surface area contributed by atoms with E-state index >= 15 is 0 Å². The van der Waals surface area contributed by atoms with E-state index in [2.05, 4.69) is 5.32 Å². The molecule has 1 rings (SSSR count). The minimum Gasteiger partial charge on any atom is -0.481 e. The molecule has 106 valence electrons. The minimum atomic E-state index is -0.851. The van der Waals surface area contributed by atoms with Gasteiger partial charge in [-0.15, -0.1) is 11.3 Å². The van der Waals surface area contributed by atoms with Gasteiger partial charge in [0.2, 0.25) is 5.91 Å². The fraction of sp³-hybridized carbons (Fsp3) is 0.538. The summed E-state index contributed by atoms with van der Waals surface area (Å²) in [5.41, 5.74) is -0.497. The zero-order chi connectivity index (χ0) is 14.5. The summed E-state index contributed by atoms with van der Waals surface area (Å²) in [7, 11) is 0. The van der Waals surface area contributed by atoms with Crippen molar-refractivity contribution in [3.05, 3.63) is 21.3 Å². The Balaban J connectivity index is 2.35. The third kappa shape index (κ3) is 6.59. The van der Waals surface area contributed by atoms with Crippen molar-refractivity contribution in [2.45, 2.75) is 45.1 Å². The lowest BCUT2D eigenvalue weighted by Crippen LogP contribution is -2.43. The van der Waals surface area contributed by atoms with Gasteiger partial charge in [-0.3, -0.25) is 9.59 Å². The summed E-state index contributed by atoms with van der Waals surface area (Å²) >= 11 is 7.34. The van der Waals surface area contributed by atoms with E-state index in [1.54, 1.807) is 0 Å². The van der Waals surface area contributed by atoms with Crippen LogP contribution in [-0.2, 0) is 16.0 Å². The SMILES string of the molecule is CC(C)(CCC(=O)O)NC(=O)CCc1cc(Cl)cs1. The maximum absolute atomic E-state index is 11.8. The van der Waals surface area contributed by atoms with Gasteiger partial charge < -0.3 is 10.4 Å². The molecule has 0 aliphatic carbocycles. The van der Waals surface area contributed by atoms with E-state index in [9.17, 15) is 9.59 Å². The van der Waals surface area contributed by atoms with Crippen LogP contribution in [0, 0.1) is 0 Å². The van der Waals surface area contributed by atoms with Crippen LogP contribution in [-0.4, -0.2) is 22.5 Å². The first-order chi connectivity index (χ1) is 8.78. The molecule has 2 N–H and O–H groups in total. The first-order valence-electron chi connectivity index (χ1n) is 6.04. The third-order valence-corrected chi connectivity index (χ3v) is 4.01. The Morgan fingerprint density at radius 3 is 2.63 bits per heavy atom. The fourth-order valence-electron chi connectivity index (χ4n) is 1.64. The molecule has 0 saturated heterocycles. The van der Waals surface area contributed by atoms with Gasteiger partial charge in [-0.2, -0.15) is 0 Å². The summed E-state index contributed by atoms with van der Waals surface area (Å²) in [6.07, 6.45) is 1.50. The van der Waals surface area contributed by atoms with Crippen molar-refractivity contribution < 1.29 is 14.7 Å². The molecule has 6 heteroatoms. The molecule has 4 nitrogen and oxygen atoms in total. The highest BCUT2D eigenvalue weighted by molar-refractivity contribution is 7.10. The molecular formula is C13H18ClNO3S. The Morgan fingerprint density at radius 1 is 1.42 bits per heavy atom. The average Bonchev–Trinajstić information content (AvgIpc) is 2.69. The first kappa shape index (κ1) is 16.0. The molecule has 0 spiro atoms.